The molecule has 0 spiro atoms. The van der Waals surface area contributed by atoms with Crippen LogP contribution < -0.4 is 0 Å². The predicted molar refractivity (Wildman–Crippen MR) is 84.2 cm³/mol. The van der Waals surface area contributed by atoms with Crippen LogP contribution in [0.15, 0.2) is 47.8 Å². The van der Waals surface area contributed by atoms with E-state index in [-0.39, 0.29) is 12.4 Å². The molecule has 1 unspecified atom stereocenters. The van der Waals surface area contributed by atoms with Crippen molar-refractivity contribution in [2.75, 3.05) is 20.6 Å². The van der Waals surface area contributed by atoms with Gasteiger partial charge in [-0.2, -0.15) is 0 Å². The van der Waals surface area contributed by atoms with Crippen LogP contribution in [0.25, 0.3) is 0 Å². The van der Waals surface area contributed by atoms with Gasteiger partial charge >= 0.3 is 0 Å². The molecule has 2 aromatic rings. The van der Waals surface area contributed by atoms with Crippen molar-refractivity contribution < 1.29 is 5.11 Å². The highest BCUT2D eigenvalue weighted by Gasteiger charge is 2.32. The number of nitrogens with zero attached hydrogens (tertiary/aromatic N) is 1. The smallest absolute Gasteiger partial charge is 0.125 e. The summed E-state index contributed by atoms with van der Waals surface area (Å²) in [6.07, 6.45) is 0.699. The van der Waals surface area contributed by atoms with Gasteiger partial charge in [0.2, 0.25) is 0 Å². The summed E-state index contributed by atoms with van der Waals surface area (Å²) >= 11 is 1.61. The lowest BCUT2D eigenvalue weighted by molar-refractivity contribution is 0.0665. The van der Waals surface area contributed by atoms with E-state index in [9.17, 15) is 5.11 Å². The summed E-state index contributed by atoms with van der Waals surface area (Å²) < 4.78 is 0. The van der Waals surface area contributed by atoms with Crippen LogP contribution in [0.5, 0.6) is 0 Å². The molecule has 0 radical (unpaired) electrons. The first-order valence-corrected chi connectivity index (χ1v) is 6.97. The van der Waals surface area contributed by atoms with Crippen LogP contribution in [0.4, 0.5) is 0 Å². The Hall–Kier alpha value is -0.870. The van der Waals surface area contributed by atoms with E-state index >= 15 is 0 Å². The highest BCUT2D eigenvalue weighted by Crippen LogP contribution is 2.35. The molecule has 4 heteroatoms. The summed E-state index contributed by atoms with van der Waals surface area (Å²) in [6.45, 7) is 0.850. The molecule has 0 fully saturated rings. The Labute approximate surface area is 125 Å². The average molecular weight is 298 g/mol. The molecule has 1 aromatic carbocycles. The Morgan fingerprint density at radius 1 is 1.11 bits per heavy atom. The van der Waals surface area contributed by atoms with Crippen molar-refractivity contribution in [1.29, 1.82) is 0 Å². The van der Waals surface area contributed by atoms with E-state index in [0.717, 1.165) is 17.0 Å². The molecule has 1 atom stereocenters. The standard InChI is InChI=1S/C15H19NOS.ClH/c1-16(2)11-10-15(17,14-9-6-12-18-14)13-7-4-3-5-8-13;/h3-9,12,17H,10-11H2,1-2H3;1H. The maximum absolute atomic E-state index is 11.1. The molecule has 1 heterocycles. The molecule has 0 aliphatic carbocycles. The van der Waals surface area contributed by atoms with Gasteiger partial charge < -0.3 is 10.0 Å². The van der Waals surface area contributed by atoms with Crippen LogP contribution in [-0.4, -0.2) is 30.6 Å². The van der Waals surface area contributed by atoms with Gasteiger partial charge in [0, 0.05) is 11.4 Å². The van der Waals surface area contributed by atoms with Crippen molar-refractivity contribution in [3.63, 3.8) is 0 Å². The van der Waals surface area contributed by atoms with Gasteiger partial charge in [0.25, 0.3) is 0 Å². The second-order valence-corrected chi connectivity index (χ2v) is 5.70. The second-order valence-electron chi connectivity index (χ2n) is 4.76. The maximum atomic E-state index is 11.1. The van der Waals surface area contributed by atoms with Crippen LogP contribution in [0, 0.1) is 0 Å². The summed E-state index contributed by atoms with van der Waals surface area (Å²) in [5.74, 6) is 0. The molecule has 1 N–H and O–H groups in total. The molecule has 0 aliphatic rings. The molecule has 0 saturated carbocycles. The van der Waals surface area contributed by atoms with Crippen molar-refractivity contribution in [1.82, 2.24) is 4.90 Å². The third-order valence-electron chi connectivity index (χ3n) is 3.10. The van der Waals surface area contributed by atoms with E-state index in [1.165, 1.54) is 0 Å². The Morgan fingerprint density at radius 2 is 1.79 bits per heavy atom. The lowest BCUT2D eigenvalue weighted by Crippen LogP contribution is -2.30. The molecule has 0 saturated heterocycles. The first kappa shape index (κ1) is 16.2. The molecular formula is C15H20ClNOS. The molecule has 0 bridgehead atoms. The van der Waals surface area contributed by atoms with Gasteiger partial charge in [-0.25, -0.2) is 0 Å². The second kappa shape index (κ2) is 7.06. The molecule has 0 aliphatic heterocycles. The van der Waals surface area contributed by atoms with Crippen molar-refractivity contribution in [2.45, 2.75) is 12.0 Å². The van der Waals surface area contributed by atoms with Crippen LogP contribution in [0.3, 0.4) is 0 Å². The topological polar surface area (TPSA) is 23.5 Å². The predicted octanol–water partition coefficient (Wildman–Crippen LogP) is 3.36. The Bertz CT molecular complexity index is 472. The van der Waals surface area contributed by atoms with Gasteiger partial charge in [0.1, 0.15) is 5.60 Å². The molecule has 1 aromatic heterocycles. The van der Waals surface area contributed by atoms with E-state index in [2.05, 4.69) is 4.90 Å². The zero-order valence-corrected chi connectivity index (χ0v) is 12.9. The third-order valence-corrected chi connectivity index (χ3v) is 4.12. The fourth-order valence-electron chi connectivity index (χ4n) is 2.02. The van der Waals surface area contributed by atoms with Crippen LogP contribution >= 0.6 is 23.7 Å². The largest absolute Gasteiger partial charge is 0.379 e. The minimum Gasteiger partial charge on any atom is -0.379 e. The lowest BCUT2D eigenvalue weighted by atomic mass is 9.88. The van der Waals surface area contributed by atoms with Crippen LogP contribution in [0.2, 0.25) is 0 Å². The summed E-state index contributed by atoms with van der Waals surface area (Å²) in [5.41, 5.74) is 0.0916. The average Bonchev–Trinajstić information content (AvgIpc) is 2.91. The normalized spacial score (nSPS) is 13.9. The van der Waals surface area contributed by atoms with Crippen molar-refractivity contribution in [2.24, 2.45) is 0 Å². The summed E-state index contributed by atoms with van der Waals surface area (Å²) in [4.78, 5) is 3.11. The number of halogens is 1. The van der Waals surface area contributed by atoms with Crippen molar-refractivity contribution >= 4 is 23.7 Å². The van der Waals surface area contributed by atoms with Crippen LogP contribution in [-0.2, 0) is 5.60 Å². The maximum Gasteiger partial charge on any atom is 0.125 e. The van der Waals surface area contributed by atoms with Gasteiger partial charge in [0.05, 0.1) is 0 Å². The van der Waals surface area contributed by atoms with Gasteiger partial charge in [-0.05, 0) is 37.5 Å². The number of hydrogen-bond donors (Lipinski definition) is 1. The highest BCUT2D eigenvalue weighted by molar-refractivity contribution is 7.10. The van der Waals surface area contributed by atoms with E-state index in [1.807, 2.05) is 61.9 Å². The molecule has 2 rings (SSSR count). The zero-order chi connectivity index (χ0) is 13.0. The number of rotatable bonds is 5. The molecular weight excluding hydrogens is 278 g/mol. The molecule has 104 valence electrons. The Morgan fingerprint density at radius 3 is 2.32 bits per heavy atom. The summed E-state index contributed by atoms with van der Waals surface area (Å²) in [5, 5.41) is 13.1. The van der Waals surface area contributed by atoms with Gasteiger partial charge in [0.15, 0.2) is 0 Å². The van der Waals surface area contributed by atoms with Crippen LogP contribution in [0.1, 0.15) is 16.9 Å². The molecule has 2 nitrogen and oxygen atoms in total. The van der Waals surface area contributed by atoms with Gasteiger partial charge in [-0.3, -0.25) is 0 Å². The molecule has 19 heavy (non-hydrogen) atoms. The number of aliphatic hydroxyl groups is 1. The summed E-state index contributed by atoms with van der Waals surface area (Å²) in [6, 6.07) is 13.9. The zero-order valence-electron chi connectivity index (χ0n) is 11.2. The number of benzene rings is 1. The lowest BCUT2D eigenvalue weighted by Gasteiger charge is -2.29. The SMILES string of the molecule is CN(C)CCC(O)(c1ccccc1)c1cccs1.Cl. The van der Waals surface area contributed by atoms with E-state index in [1.54, 1.807) is 11.3 Å². The Kier molecular flexibility index (Phi) is 6.01. The minimum atomic E-state index is -0.875. The number of hydrogen-bond acceptors (Lipinski definition) is 3. The first-order valence-electron chi connectivity index (χ1n) is 6.09. The van der Waals surface area contributed by atoms with Crippen molar-refractivity contribution in [3.8, 4) is 0 Å². The van der Waals surface area contributed by atoms with Crippen molar-refractivity contribution in [3.05, 3.63) is 58.3 Å². The van der Waals surface area contributed by atoms with Gasteiger partial charge in [-0.1, -0.05) is 36.4 Å². The van der Waals surface area contributed by atoms with E-state index < -0.39 is 5.60 Å². The molecule has 0 amide bonds. The van der Waals surface area contributed by atoms with Gasteiger partial charge in [-0.15, -0.1) is 23.7 Å². The monoisotopic (exact) mass is 297 g/mol. The third kappa shape index (κ3) is 3.80. The Balaban J connectivity index is 0.00000180. The quantitative estimate of drug-likeness (QED) is 0.915. The van der Waals surface area contributed by atoms with E-state index in [0.29, 0.717) is 6.42 Å². The first-order chi connectivity index (χ1) is 8.63. The fraction of sp³-hybridized carbons (Fsp3) is 0.333. The summed E-state index contributed by atoms with van der Waals surface area (Å²) in [7, 11) is 4.06. The minimum absolute atomic E-state index is 0. The van der Waals surface area contributed by atoms with E-state index in [4.69, 9.17) is 0 Å². The highest BCUT2D eigenvalue weighted by atomic mass is 35.5. The fourth-order valence-corrected chi connectivity index (χ4v) is 2.90. The number of thiophene rings is 1.